The van der Waals surface area contributed by atoms with Crippen molar-refractivity contribution in [3.05, 3.63) is 60.7 Å². The van der Waals surface area contributed by atoms with E-state index in [4.69, 9.17) is 23.9 Å². The Bertz CT molecular complexity index is 2270. The maximum atomic E-state index is 14.6. The lowest BCUT2D eigenvalue weighted by atomic mass is 10.1. The maximum Gasteiger partial charge on any atom is 0.408 e. The number of allylic oxidation sites excluding steroid dienone is 1. The highest BCUT2D eigenvalue weighted by Crippen LogP contribution is 2.46. The van der Waals surface area contributed by atoms with E-state index in [-0.39, 0.29) is 38.5 Å². The van der Waals surface area contributed by atoms with Crippen molar-refractivity contribution in [2.45, 2.75) is 93.9 Å². The molecule has 0 radical (unpaired) electrons. The average molecular weight is 847 g/mol. The van der Waals surface area contributed by atoms with Gasteiger partial charge in [0.25, 0.3) is 5.91 Å². The van der Waals surface area contributed by atoms with Crippen LogP contribution in [0.4, 0.5) is 10.5 Å². The number of carbonyl (C=O) groups is 4. The number of hydrogen-bond acceptors (Lipinski definition) is 12. The van der Waals surface area contributed by atoms with Crippen LogP contribution in [0.1, 0.15) is 59.3 Å². The van der Waals surface area contributed by atoms with Gasteiger partial charge in [0.15, 0.2) is 0 Å². The van der Waals surface area contributed by atoms with E-state index in [1.54, 1.807) is 27.9 Å². The Hall–Kier alpha value is -5.42. The second-order valence-corrected chi connectivity index (χ2v) is 19.1. The van der Waals surface area contributed by atoms with E-state index in [2.05, 4.69) is 15.4 Å². The highest BCUT2D eigenvalue weighted by atomic mass is 32.2. The smallest absolute Gasteiger partial charge is 0.408 e. The number of methoxy groups -OCH3 is 1. The second kappa shape index (κ2) is 16.9. The first-order chi connectivity index (χ1) is 28.5. The summed E-state index contributed by atoms with van der Waals surface area (Å²) in [7, 11) is 1.56. The van der Waals surface area contributed by atoms with Crippen LogP contribution in [0, 0.1) is 5.92 Å². The highest BCUT2D eigenvalue weighted by molar-refractivity contribution is 7.91. The van der Waals surface area contributed by atoms with Crippen molar-refractivity contribution in [3.63, 3.8) is 0 Å². The standard InChI is InChI=1S/C43H54N6O10S/c1-42(2,3)59-41(53)45-35-25-57-19-9-7-8-10-28-23-43(28,40(52)47-60(54,55)32-16-17-32)46-37(50)36-22-31(24-49(36)39(35)51)58-38-33-18-13-29(48(4)5)20-27(33)21-34(44-38)26-11-14-30(56-6)15-12-26/h8,10-15,18,20-21,28,31-32,35-36H,7,9,16-17,19,22-25H2,1-6H3,(H,45,53)(H,46,50)(H,47,52)/t28?,31?,35-,36-,43+/m0/s1. The lowest BCUT2D eigenvalue weighted by Crippen LogP contribution is -2.59. The highest BCUT2D eigenvalue weighted by Gasteiger charge is 2.62. The Morgan fingerprint density at radius 1 is 1.07 bits per heavy atom. The average Bonchev–Trinajstić information content (AvgIpc) is 4.12. The number of fused-ring (bicyclic) bond motifs is 3. The summed E-state index contributed by atoms with van der Waals surface area (Å²) < 4.78 is 51.5. The van der Waals surface area contributed by atoms with Gasteiger partial charge in [-0.2, -0.15) is 0 Å². The molecule has 3 heterocycles. The quantitative estimate of drug-likeness (QED) is 0.262. The summed E-state index contributed by atoms with van der Waals surface area (Å²) in [6.07, 6.45) is 4.26. The fraction of sp³-hybridized carbons (Fsp3) is 0.512. The van der Waals surface area contributed by atoms with Crippen LogP contribution in [0.25, 0.3) is 22.0 Å². The molecule has 4 aliphatic rings. The van der Waals surface area contributed by atoms with Gasteiger partial charge in [-0.3, -0.25) is 19.1 Å². The largest absolute Gasteiger partial charge is 0.497 e. The summed E-state index contributed by atoms with van der Waals surface area (Å²) in [6.45, 7) is 5.07. The molecule has 2 aliphatic carbocycles. The number of pyridine rings is 1. The Balaban J connectivity index is 1.24. The minimum Gasteiger partial charge on any atom is -0.497 e. The molecule has 2 saturated carbocycles. The zero-order valence-corrected chi connectivity index (χ0v) is 35.7. The molecule has 1 aromatic heterocycles. The summed E-state index contributed by atoms with van der Waals surface area (Å²) in [6, 6.07) is 12.9. The number of amides is 4. The van der Waals surface area contributed by atoms with Crippen molar-refractivity contribution >= 4 is 50.3 Å². The lowest BCUT2D eigenvalue weighted by Gasteiger charge is -2.30. The molecule has 322 valence electrons. The predicted molar refractivity (Wildman–Crippen MR) is 224 cm³/mol. The number of ether oxygens (including phenoxy) is 4. The molecule has 3 N–H and O–H groups in total. The van der Waals surface area contributed by atoms with Crippen molar-refractivity contribution in [1.82, 2.24) is 25.2 Å². The van der Waals surface area contributed by atoms with E-state index in [9.17, 15) is 27.6 Å². The minimum atomic E-state index is -3.93. The predicted octanol–water partition coefficient (Wildman–Crippen LogP) is 4.07. The van der Waals surface area contributed by atoms with Crippen LogP contribution < -0.4 is 29.7 Å². The minimum absolute atomic E-state index is 0.0120. The molecular formula is C43H54N6O10S. The van der Waals surface area contributed by atoms with Crippen LogP contribution in [0.2, 0.25) is 0 Å². The molecule has 1 saturated heterocycles. The van der Waals surface area contributed by atoms with Gasteiger partial charge in [-0.05, 0) is 107 Å². The number of benzene rings is 2. The first kappa shape index (κ1) is 42.7. The summed E-state index contributed by atoms with van der Waals surface area (Å²) in [5.74, 6) is -1.63. The van der Waals surface area contributed by atoms with Crippen molar-refractivity contribution in [1.29, 1.82) is 0 Å². The Kier molecular flexibility index (Phi) is 12.0. The van der Waals surface area contributed by atoms with Crippen LogP contribution >= 0.6 is 0 Å². The normalized spacial score (nSPS) is 24.9. The molecule has 2 aromatic carbocycles. The van der Waals surface area contributed by atoms with E-state index in [0.717, 1.165) is 16.6 Å². The Labute approximate surface area is 350 Å². The van der Waals surface area contributed by atoms with Gasteiger partial charge in [0.2, 0.25) is 27.7 Å². The van der Waals surface area contributed by atoms with Crippen molar-refractivity contribution < 1.29 is 46.5 Å². The van der Waals surface area contributed by atoms with E-state index in [0.29, 0.717) is 42.5 Å². The molecule has 4 amide bonds. The third-order valence-electron chi connectivity index (χ3n) is 11.1. The first-order valence-corrected chi connectivity index (χ1v) is 21.9. The second-order valence-electron chi connectivity index (χ2n) is 17.1. The van der Waals surface area contributed by atoms with Gasteiger partial charge in [-0.25, -0.2) is 18.2 Å². The fourth-order valence-electron chi connectivity index (χ4n) is 7.58. The molecule has 0 spiro atoms. The molecule has 3 fully saturated rings. The maximum absolute atomic E-state index is 14.6. The third-order valence-corrected chi connectivity index (χ3v) is 12.9. The van der Waals surface area contributed by atoms with Crippen LogP contribution in [0.3, 0.4) is 0 Å². The number of rotatable bonds is 9. The summed E-state index contributed by atoms with van der Waals surface area (Å²) in [5, 5.41) is 6.42. The lowest BCUT2D eigenvalue weighted by molar-refractivity contribution is -0.142. The molecule has 3 aromatic rings. The van der Waals surface area contributed by atoms with E-state index >= 15 is 0 Å². The van der Waals surface area contributed by atoms with Gasteiger partial charge >= 0.3 is 6.09 Å². The molecule has 7 rings (SSSR count). The molecule has 5 atom stereocenters. The van der Waals surface area contributed by atoms with E-state index < -0.39 is 74.3 Å². The fourth-order valence-corrected chi connectivity index (χ4v) is 8.94. The number of aromatic nitrogens is 1. The number of nitrogens with one attached hydrogen (secondary N) is 3. The van der Waals surface area contributed by atoms with Crippen molar-refractivity contribution in [2.24, 2.45) is 5.92 Å². The van der Waals surface area contributed by atoms with Crippen molar-refractivity contribution in [2.75, 3.05) is 45.9 Å². The van der Waals surface area contributed by atoms with Gasteiger partial charge in [0, 0.05) is 49.7 Å². The summed E-state index contributed by atoms with van der Waals surface area (Å²) in [4.78, 5) is 64.4. The number of anilines is 1. The van der Waals surface area contributed by atoms with Crippen LogP contribution in [0.5, 0.6) is 11.6 Å². The summed E-state index contributed by atoms with van der Waals surface area (Å²) >= 11 is 0. The van der Waals surface area contributed by atoms with Gasteiger partial charge in [0.05, 0.1) is 31.2 Å². The monoisotopic (exact) mass is 846 g/mol. The Morgan fingerprint density at radius 3 is 2.50 bits per heavy atom. The van der Waals surface area contributed by atoms with Crippen LogP contribution in [-0.2, 0) is 33.9 Å². The molecule has 0 bridgehead atoms. The summed E-state index contributed by atoms with van der Waals surface area (Å²) in [5.41, 5.74) is -0.0262. The van der Waals surface area contributed by atoms with Gasteiger partial charge in [-0.1, -0.05) is 12.2 Å². The van der Waals surface area contributed by atoms with Gasteiger partial charge in [-0.15, -0.1) is 0 Å². The number of carbonyl (C=O) groups excluding carboxylic acids is 4. The molecule has 60 heavy (non-hydrogen) atoms. The SMILES string of the molecule is COc1ccc(-c2cc3cc(N(C)C)ccc3c(OC3C[C@H]4C(=O)N[C@]5(C(=O)NS(=O)(=O)C6CC6)CC5C=CCCCOC[C@H](NC(=O)OC(C)(C)C)C(=O)N4C3)n2)cc1. The zero-order chi connectivity index (χ0) is 43.0. The van der Waals surface area contributed by atoms with Crippen LogP contribution in [-0.4, -0.2) is 118 Å². The number of alkyl carbamates (subject to hydrolysis) is 1. The zero-order valence-electron chi connectivity index (χ0n) is 34.9. The number of nitrogens with zero attached hydrogens (tertiary/aromatic N) is 3. The van der Waals surface area contributed by atoms with Gasteiger partial charge < -0.3 is 39.4 Å². The third kappa shape index (κ3) is 9.62. The van der Waals surface area contributed by atoms with Gasteiger partial charge in [0.1, 0.15) is 35.1 Å². The number of hydrogen-bond donors (Lipinski definition) is 3. The molecule has 17 heteroatoms. The molecule has 2 unspecified atom stereocenters. The van der Waals surface area contributed by atoms with E-state index in [1.165, 1.54) is 4.90 Å². The molecule has 16 nitrogen and oxygen atoms in total. The number of sulfonamides is 1. The molecular weight excluding hydrogens is 793 g/mol. The van der Waals surface area contributed by atoms with E-state index in [1.807, 2.05) is 79.7 Å². The Morgan fingerprint density at radius 2 is 1.82 bits per heavy atom. The molecule has 2 aliphatic heterocycles. The van der Waals surface area contributed by atoms with Crippen LogP contribution in [0.15, 0.2) is 60.7 Å². The van der Waals surface area contributed by atoms with Crippen molar-refractivity contribution in [3.8, 4) is 22.9 Å². The first-order valence-electron chi connectivity index (χ1n) is 20.3. The topological polar surface area (TPSA) is 195 Å².